The molecule has 4 rings (SSSR count). The number of nitrogens with one attached hydrogen (secondary N) is 1. The van der Waals surface area contributed by atoms with Gasteiger partial charge in [-0.1, -0.05) is 78.1 Å². The summed E-state index contributed by atoms with van der Waals surface area (Å²) < 4.78 is 2.90. The molecule has 0 radical (unpaired) electrons. The van der Waals surface area contributed by atoms with Crippen molar-refractivity contribution in [3.63, 3.8) is 0 Å². The second kappa shape index (κ2) is 9.58. The van der Waals surface area contributed by atoms with Crippen LogP contribution in [0.5, 0.6) is 0 Å². The summed E-state index contributed by atoms with van der Waals surface area (Å²) in [4.78, 5) is 30.1. The first-order valence-electron chi connectivity index (χ1n) is 10.3. The van der Waals surface area contributed by atoms with Crippen LogP contribution in [0, 0.1) is 0 Å². The second-order valence-corrected chi connectivity index (χ2v) is 8.36. The van der Waals surface area contributed by atoms with Gasteiger partial charge in [-0.2, -0.15) is 4.99 Å². The van der Waals surface area contributed by atoms with Gasteiger partial charge in [0.2, 0.25) is 5.91 Å². The number of hydrogen-bond donors (Lipinski definition) is 1. The van der Waals surface area contributed by atoms with Crippen LogP contribution in [0.1, 0.15) is 24.0 Å². The van der Waals surface area contributed by atoms with Crippen LogP contribution < -0.4 is 10.1 Å². The lowest BCUT2D eigenvalue weighted by Gasteiger charge is -2.14. The first-order valence-corrected chi connectivity index (χ1v) is 11.1. The van der Waals surface area contributed by atoms with E-state index in [1.165, 1.54) is 18.3 Å². The summed E-state index contributed by atoms with van der Waals surface area (Å²) in [6.45, 7) is 5.85. The summed E-state index contributed by atoms with van der Waals surface area (Å²) in [7, 11) is 0. The molecule has 1 aromatic heterocycles. The topological polar surface area (TPSA) is 63.5 Å². The molecule has 32 heavy (non-hydrogen) atoms. The van der Waals surface area contributed by atoms with Crippen LogP contribution in [0.25, 0.3) is 10.2 Å². The lowest BCUT2D eigenvalue weighted by atomic mass is 9.91. The molecular weight excluding hydrogens is 418 g/mol. The Morgan fingerprint density at radius 2 is 1.66 bits per heavy atom. The van der Waals surface area contributed by atoms with Crippen molar-refractivity contribution in [3.8, 4) is 0 Å². The van der Waals surface area contributed by atoms with Gasteiger partial charge in [-0.15, -0.1) is 6.58 Å². The van der Waals surface area contributed by atoms with Crippen molar-refractivity contribution >= 4 is 39.1 Å². The first-order chi connectivity index (χ1) is 15.6. The fourth-order valence-electron chi connectivity index (χ4n) is 3.67. The van der Waals surface area contributed by atoms with Crippen LogP contribution >= 0.6 is 11.3 Å². The minimum absolute atomic E-state index is 0.131. The summed E-state index contributed by atoms with van der Waals surface area (Å²) in [5.74, 6) is -0.850. The lowest BCUT2D eigenvalue weighted by Crippen LogP contribution is -2.20. The number of aromatic nitrogens is 1. The molecule has 0 atom stereocenters. The molecule has 0 aliphatic heterocycles. The Bertz CT molecular complexity index is 1300. The number of anilines is 1. The minimum Gasteiger partial charge on any atom is -0.326 e. The van der Waals surface area contributed by atoms with Crippen molar-refractivity contribution in [2.45, 2.75) is 19.4 Å². The van der Waals surface area contributed by atoms with Crippen LogP contribution in [0.2, 0.25) is 0 Å². The van der Waals surface area contributed by atoms with E-state index in [0.717, 1.165) is 21.3 Å². The number of nitrogens with zero attached hydrogens (tertiary/aromatic N) is 2. The average molecular weight is 442 g/mol. The van der Waals surface area contributed by atoms with E-state index in [1.807, 2.05) is 83.4 Å². The maximum absolute atomic E-state index is 13.5. The van der Waals surface area contributed by atoms with Gasteiger partial charge in [-0.05, 0) is 29.3 Å². The number of fused-ring (bicyclic) bond motifs is 1. The SMILES string of the molecule is C=CCn1c(=NC(=O)C(c2ccccc2)c2ccccc2)sc2cc(NC(C)=O)ccc21. The van der Waals surface area contributed by atoms with Gasteiger partial charge in [0, 0.05) is 19.2 Å². The highest BCUT2D eigenvalue weighted by molar-refractivity contribution is 7.16. The zero-order valence-electron chi connectivity index (χ0n) is 17.7. The molecule has 3 aromatic carbocycles. The monoisotopic (exact) mass is 441 g/mol. The summed E-state index contributed by atoms with van der Waals surface area (Å²) in [6, 6.07) is 25.1. The van der Waals surface area contributed by atoms with Crippen molar-refractivity contribution in [2.24, 2.45) is 4.99 Å². The summed E-state index contributed by atoms with van der Waals surface area (Å²) in [6.07, 6.45) is 1.78. The summed E-state index contributed by atoms with van der Waals surface area (Å²) >= 11 is 1.42. The van der Waals surface area contributed by atoms with Crippen LogP contribution in [0.15, 0.2) is 96.5 Å². The number of benzene rings is 3. The Hall–Kier alpha value is -3.77. The fraction of sp³-hybridized carbons (Fsp3) is 0.115. The third-order valence-corrected chi connectivity index (χ3v) is 6.07. The molecule has 6 heteroatoms. The number of rotatable bonds is 6. The zero-order chi connectivity index (χ0) is 22.5. The highest BCUT2D eigenvalue weighted by Gasteiger charge is 2.22. The van der Waals surface area contributed by atoms with E-state index in [2.05, 4.69) is 16.9 Å². The molecule has 0 aliphatic rings. The molecule has 1 heterocycles. The Morgan fingerprint density at radius 1 is 1.03 bits per heavy atom. The van der Waals surface area contributed by atoms with E-state index in [1.54, 1.807) is 6.08 Å². The molecule has 5 nitrogen and oxygen atoms in total. The first kappa shape index (κ1) is 21.5. The highest BCUT2D eigenvalue weighted by Crippen LogP contribution is 2.27. The molecule has 2 amide bonds. The minimum atomic E-state index is -0.491. The summed E-state index contributed by atoms with van der Waals surface area (Å²) in [5, 5.41) is 2.80. The Labute approximate surface area is 190 Å². The van der Waals surface area contributed by atoms with Gasteiger partial charge >= 0.3 is 0 Å². The lowest BCUT2D eigenvalue weighted by molar-refractivity contribution is -0.118. The van der Waals surface area contributed by atoms with Gasteiger partial charge in [0.05, 0.1) is 16.1 Å². The van der Waals surface area contributed by atoms with E-state index in [0.29, 0.717) is 17.0 Å². The number of amides is 2. The van der Waals surface area contributed by atoms with Crippen LogP contribution in [0.4, 0.5) is 5.69 Å². The predicted octanol–water partition coefficient (Wildman–Crippen LogP) is 5.11. The highest BCUT2D eigenvalue weighted by atomic mass is 32.1. The Balaban J connectivity index is 1.83. The van der Waals surface area contributed by atoms with Gasteiger partial charge in [-0.3, -0.25) is 9.59 Å². The van der Waals surface area contributed by atoms with E-state index in [4.69, 9.17) is 0 Å². The normalized spacial score (nSPS) is 11.6. The number of allylic oxidation sites excluding steroid dienone is 1. The number of thiazole rings is 1. The van der Waals surface area contributed by atoms with Crippen molar-refractivity contribution in [2.75, 3.05) is 5.32 Å². The second-order valence-electron chi connectivity index (χ2n) is 7.35. The van der Waals surface area contributed by atoms with Gasteiger partial charge < -0.3 is 9.88 Å². The van der Waals surface area contributed by atoms with E-state index in [-0.39, 0.29) is 11.8 Å². The van der Waals surface area contributed by atoms with Crippen LogP contribution in [-0.2, 0) is 16.1 Å². The molecule has 0 saturated heterocycles. The largest absolute Gasteiger partial charge is 0.326 e. The van der Waals surface area contributed by atoms with Gasteiger partial charge in [0.15, 0.2) is 4.80 Å². The number of carbonyl (C=O) groups is 2. The fourth-order valence-corrected chi connectivity index (χ4v) is 4.76. The maximum atomic E-state index is 13.5. The van der Waals surface area contributed by atoms with Crippen LogP contribution in [0.3, 0.4) is 0 Å². The zero-order valence-corrected chi connectivity index (χ0v) is 18.5. The third kappa shape index (κ3) is 4.60. The molecule has 4 aromatic rings. The van der Waals surface area contributed by atoms with Crippen molar-refractivity contribution in [1.82, 2.24) is 4.57 Å². The molecule has 0 saturated carbocycles. The van der Waals surface area contributed by atoms with E-state index in [9.17, 15) is 9.59 Å². The predicted molar refractivity (Wildman–Crippen MR) is 130 cm³/mol. The molecule has 0 aliphatic carbocycles. The Kier molecular flexibility index (Phi) is 6.42. The molecule has 160 valence electrons. The maximum Gasteiger partial charge on any atom is 0.260 e. The molecule has 1 N–H and O–H groups in total. The average Bonchev–Trinajstić information content (AvgIpc) is 3.11. The van der Waals surface area contributed by atoms with Gasteiger partial charge in [-0.25, -0.2) is 0 Å². The molecular formula is C26H23N3O2S. The van der Waals surface area contributed by atoms with Gasteiger partial charge in [0.25, 0.3) is 5.91 Å². The van der Waals surface area contributed by atoms with Crippen molar-refractivity contribution in [3.05, 3.63) is 107 Å². The van der Waals surface area contributed by atoms with E-state index < -0.39 is 5.92 Å². The number of carbonyl (C=O) groups excluding carboxylic acids is 2. The van der Waals surface area contributed by atoms with Crippen molar-refractivity contribution in [1.29, 1.82) is 0 Å². The molecule has 0 unspecified atom stereocenters. The molecule has 0 spiro atoms. The van der Waals surface area contributed by atoms with Crippen molar-refractivity contribution < 1.29 is 9.59 Å². The summed E-state index contributed by atoms with van der Waals surface area (Å²) in [5.41, 5.74) is 3.45. The van der Waals surface area contributed by atoms with E-state index >= 15 is 0 Å². The molecule has 0 fully saturated rings. The third-order valence-electron chi connectivity index (χ3n) is 5.03. The van der Waals surface area contributed by atoms with Crippen LogP contribution in [-0.4, -0.2) is 16.4 Å². The number of hydrogen-bond acceptors (Lipinski definition) is 3. The smallest absolute Gasteiger partial charge is 0.260 e. The standard InChI is InChI=1S/C26H23N3O2S/c1-3-16-29-22-15-14-21(27-18(2)30)17-23(22)32-26(29)28-25(31)24(19-10-6-4-7-11-19)20-12-8-5-9-13-20/h3-15,17,24H,1,16H2,2H3,(H,27,30). The van der Waals surface area contributed by atoms with Gasteiger partial charge in [0.1, 0.15) is 0 Å². The quantitative estimate of drug-likeness (QED) is 0.423. The molecule has 0 bridgehead atoms. The Morgan fingerprint density at radius 3 is 2.22 bits per heavy atom.